The zero-order valence-corrected chi connectivity index (χ0v) is 22.3. The predicted molar refractivity (Wildman–Crippen MR) is 154 cm³/mol. The summed E-state index contributed by atoms with van der Waals surface area (Å²) in [5.41, 5.74) is 4.45. The van der Waals surface area contributed by atoms with Crippen LogP contribution >= 0.6 is 11.6 Å². The molecule has 194 valence electrons. The highest BCUT2D eigenvalue weighted by molar-refractivity contribution is 6.31. The second-order valence-electron chi connectivity index (χ2n) is 9.64. The maximum atomic E-state index is 14.3. The highest BCUT2D eigenvalue weighted by atomic mass is 35.5. The lowest BCUT2D eigenvalue weighted by Crippen LogP contribution is -2.31. The number of hydrogen-bond acceptors (Lipinski definition) is 2. The summed E-state index contributed by atoms with van der Waals surface area (Å²) < 4.78 is 22.6. The molecule has 0 radical (unpaired) electrons. The fourth-order valence-electron chi connectivity index (χ4n) is 5.05. The molecule has 4 aromatic carbocycles. The number of nitrogens with zero attached hydrogens (tertiary/aromatic N) is 2. The zero-order valence-electron chi connectivity index (χ0n) is 21.6. The van der Waals surface area contributed by atoms with Gasteiger partial charge >= 0.3 is 0 Å². The van der Waals surface area contributed by atoms with Gasteiger partial charge in [0.25, 0.3) is 0 Å². The summed E-state index contributed by atoms with van der Waals surface area (Å²) in [7, 11) is 2.04. The van der Waals surface area contributed by atoms with E-state index in [1.165, 1.54) is 17.2 Å². The van der Waals surface area contributed by atoms with Gasteiger partial charge in [0.05, 0.1) is 17.1 Å². The Balaban J connectivity index is 1.34. The average Bonchev–Trinajstić information content (AvgIpc) is 3.34. The summed E-state index contributed by atoms with van der Waals surface area (Å²) in [6, 6.07) is 34.4. The first-order valence-corrected chi connectivity index (χ1v) is 13.4. The van der Waals surface area contributed by atoms with Gasteiger partial charge in [-0.3, -0.25) is 4.90 Å². The van der Waals surface area contributed by atoms with E-state index < -0.39 is 0 Å². The lowest BCUT2D eigenvalue weighted by atomic mass is 9.90. The third-order valence-electron chi connectivity index (χ3n) is 7.03. The normalized spacial score (nSPS) is 11.5. The van der Waals surface area contributed by atoms with Crippen molar-refractivity contribution in [1.29, 1.82) is 0 Å². The number of halogens is 2. The quantitative estimate of drug-likeness (QED) is 0.162. The molecule has 0 aliphatic rings. The first kappa shape index (κ1) is 26.0. The van der Waals surface area contributed by atoms with Gasteiger partial charge in [0.1, 0.15) is 11.6 Å². The molecule has 38 heavy (non-hydrogen) atoms. The lowest BCUT2D eigenvalue weighted by molar-refractivity contribution is 0.223. The van der Waals surface area contributed by atoms with Crippen LogP contribution in [-0.2, 0) is 13.6 Å². The van der Waals surface area contributed by atoms with E-state index in [0.29, 0.717) is 13.2 Å². The van der Waals surface area contributed by atoms with Crippen molar-refractivity contribution in [2.45, 2.75) is 18.9 Å². The molecule has 0 amide bonds. The minimum absolute atomic E-state index is 0.170. The summed E-state index contributed by atoms with van der Waals surface area (Å²) >= 11 is 6.38. The van der Waals surface area contributed by atoms with Crippen LogP contribution in [0.3, 0.4) is 0 Å². The van der Waals surface area contributed by atoms with Crippen LogP contribution in [0.2, 0.25) is 5.02 Å². The van der Waals surface area contributed by atoms with Crippen LogP contribution in [0.4, 0.5) is 4.39 Å². The first-order valence-electron chi connectivity index (χ1n) is 13.0. The number of ether oxygens (including phenoxy) is 1. The van der Waals surface area contributed by atoms with Crippen LogP contribution in [0.15, 0.2) is 109 Å². The molecule has 0 fully saturated rings. The summed E-state index contributed by atoms with van der Waals surface area (Å²) in [4.78, 5) is 2.36. The van der Waals surface area contributed by atoms with Crippen LogP contribution < -0.4 is 4.74 Å². The largest absolute Gasteiger partial charge is 0.493 e. The van der Waals surface area contributed by atoms with Crippen molar-refractivity contribution in [3.05, 3.63) is 137 Å². The molecule has 1 heterocycles. The highest BCUT2D eigenvalue weighted by Crippen LogP contribution is 2.29. The Morgan fingerprint density at radius 3 is 2.24 bits per heavy atom. The fourth-order valence-corrected chi connectivity index (χ4v) is 5.23. The molecule has 0 aliphatic carbocycles. The van der Waals surface area contributed by atoms with Crippen molar-refractivity contribution in [1.82, 2.24) is 9.47 Å². The smallest absolute Gasteiger partial charge is 0.142 e. The molecule has 3 nitrogen and oxygen atoms in total. The van der Waals surface area contributed by atoms with Crippen molar-refractivity contribution in [2.24, 2.45) is 7.05 Å². The van der Waals surface area contributed by atoms with Gasteiger partial charge in [-0.05, 0) is 47.4 Å². The molecule has 5 rings (SSSR count). The Kier molecular flexibility index (Phi) is 8.42. The molecule has 0 saturated carbocycles. The molecule has 0 spiro atoms. The summed E-state index contributed by atoms with van der Waals surface area (Å²) in [5, 5.41) is 1.31. The first-order chi connectivity index (χ1) is 18.6. The Morgan fingerprint density at radius 1 is 0.842 bits per heavy atom. The Morgan fingerprint density at radius 2 is 1.53 bits per heavy atom. The van der Waals surface area contributed by atoms with Crippen molar-refractivity contribution in [3.63, 3.8) is 0 Å². The molecule has 0 unspecified atom stereocenters. The van der Waals surface area contributed by atoms with Gasteiger partial charge in [-0.15, -0.1) is 0 Å². The van der Waals surface area contributed by atoms with Crippen LogP contribution in [0.25, 0.3) is 10.9 Å². The van der Waals surface area contributed by atoms with Crippen LogP contribution in [-0.4, -0.2) is 29.2 Å². The predicted octanol–water partition coefficient (Wildman–Crippen LogP) is 8.07. The Labute approximate surface area is 229 Å². The topological polar surface area (TPSA) is 17.4 Å². The molecular weight excluding hydrogens is 495 g/mol. The van der Waals surface area contributed by atoms with Gasteiger partial charge in [0.15, 0.2) is 0 Å². The molecule has 5 aromatic rings. The zero-order chi connectivity index (χ0) is 26.3. The van der Waals surface area contributed by atoms with Gasteiger partial charge < -0.3 is 9.30 Å². The van der Waals surface area contributed by atoms with E-state index in [-0.39, 0.29) is 16.8 Å². The van der Waals surface area contributed by atoms with Crippen LogP contribution in [0.5, 0.6) is 5.75 Å². The number of fused-ring (bicyclic) bond motifs is 1. The molecule has 0 aliphatic heterocycles. The second kappa shape index (κ2) is 12.3. The van der Waals surface area contributed by atoms with Crippen LogP contribution in [0, 0.1) is 5.82 Å². The third kappa shape index (κ3) is 6.09. The Hall–Kier alpha value is -3.60. The van der Waals surface area contributed by atoms with Crippen LogP contribution in [0.1, 0.15) is 29.0 Å². The van der Waals surface area contributed by atoms with E-state index in [9.17, 15) is 4.39 Å². The molecule has 0 atom stereocenters. The molecule has 5 heteroatoms. The van der Waals surface area contributed by atoms with Gasteiger partial charge in [0, 0.05) is 44.2 Å². The maximum absolute atomic E-state index is 14.3. The van der Waals surface area contributed by atoms with Gasteiger partial charge in [-0.2, -0.15) is 0 Å². The molecule has 0 N–H and O–H groups in total. The molecule has 1 aromatic heterocycles. The molecule has 0 bridgehead atoms. The lowest BCUT2D eigenvalue weighted by Gasteiger charge is -2.29. The maximum Gasteiger partial charge on any atom is 0.142 e. The third-order valence-corrected chi connectivity index (χ3v) is 7.46. The molecular formula is C33H32ClFN2O. The van der Waals surface area contributed by atoms with Crippen molar-refractivity contribution < 1.29 is 9.13 Å². The fraction of sp³-hybridized carbons (Fsp3) is 0.212. The minimum Gasteiger partial charge on any atom is -0.493 e. The summed E-state index contributed by atoms with van der Waals surface area (Å²) in [6.07, 6.45) is 2.88. The van der Waals surface area contributed by atoms with Gasteiger partial charge in [-0.25, -0.2) is 4.39 Å². The van der Waals surface area contributed by atoms with E-state index in [1.807, 2.05) is 37.4 Å². The monoisotopic (exact) mass is 526 g/mol. The summed E-state index contributed by atoms with van der Waals surface area (Å²) in [6.45, 7) is 2.70. The van der Waals surface area contributed by atoms with Gasteiger partial charge in [0.2, 0.25) is 0 Å². The van der Waals surface area contributed by atoms with Crippen molar-refractivity contribution in [3.8, 4) is 5.75 Å². The number of hydrogen-bond donors (Lipinski definition) is 0. The second-order valence-corrected chi connectivity index (χ2v) is 10.0. The standard InChI is InChI=1S/C33H32ClFN2O/c1-36-21-19-28-31(36)17-9-18-32(28)38-22-10-20-37(23-27-15-8-16-30(35)33(27)34)24-29(25-11-4-2-5-12-25)26-13-6-3-7-14-26/h2-9,11-19,21,29H,10,20,22-24H2,1H3. The number of benzene rings is 4. The van der Waals surface area contributed by atoms with E-state index in [2.05, 4.69) is 76.3 Å². The number of rotatable bonds is 11. The van der Waals surface area contributed by atoms with E-state index in [0.717, 1.165) is 41.7 Å². The summed E-state index contributed by atoms with van der Waals surface area (Å²) in [5.74, 6) is 0.684. The van der Waals surface area contributed by atoms with E-state index in [1.54, 1.807) is 6.07 Å². The number of aromatic nitrogens is 1. The SMILES string of the molecule is Cn1ccc2c(OCCCN(Cc3cccc(F)c3Cl)CC(c3ccccc3)c3ccccc3)cccc21. The van der Waals surface area contributed by atoms with Gasteiger partial charge in [-0.1, -0.05) is 90.5 Å². The Bertz CT molecular complexity index is 1430. The number of aryl methyl sites for hydroxylation is 1. The van der Waals surface area contributed by atoms with E-state index in [4.69, 9.17) is 16.3 Å². The highest BCUT2D eigenvalue weighted by Gasteiger charge is 2.20. The minimum atomic E-state index is -0.383. The van der Waals surface area contributed by atoms with Crippen molar-refractivity contribution in [2.75, 3.05) is 19.7 Å². The van der Waals surface area contributed by atoms with E-state index >= 15 is 0 Å². The average molecular weight is 527 g/mol. The molecule has 0 saturated heterocycles. The van der Waals surface area contributed by atoms with Crippen molar-refractivity contribution >= 4 is 22.5 Å².